The topological polar surface area (TPSA) is 48.6 Å². The number of hydrogen-bond acceptors (Lipinski definition) is 1. The third kappa shape index (κ3) is 2.66. The molecule has 1 unspecified atom stereocenters. The van der Waals surface area contributed by atoms with E-state index < -0.39 is 0 Å². The number of rotatable bonds is 2. The van der Waals surface area contributed by atoms with Crippen LogP contribution in [0.15, 0.2) is 45.7 Å². The summed E-state index contributed by atoms with van der Waals surface area (Å²) in [4.78, 5) is 16.8. The molecule has 0 aliphatic carbocycles. The van der Waals surface area contributed by atoms with E-state index in [2.05, 4.69) is 48.5 Å². The van der Waals surface area contributed by atoms with Crippen LogP contribution in [0.2, 0.25) is 0 Å². The molecule has 1 atom stereocenters. The van der Waals surface area contributed by atoms with E-state index >= 15 is 0 Å². The summed E-state index contributed by atoms with van der Waals surface area (Å²) in [6.07, 6.45) is 0. The third-order valence-corrected chi connectivity index (χ3v) is 4.94. The van der Waals surface area contributed by atoms with Crippen molar-refractivity contribution in [3.05, 3.63) is 66.1 Å². The predicted octanol–water partition coefficient (Wildman–Crippen LogP) is 4.55. The van der Waals surface area contributed by atoms with E-state index in [4.69, 9.17) is 11.6 Å². The zero-order chi connectivity index (χ0) is 14.3. The van der Waals surface area contributed by atoms with Gasteiger partial charge in [-0.25, -0.2) is 4.79 Å². The number of halogens is 3. The van der Waals surface area contributed by atoms with Crippen molar-refractivity contribution in [1.29, 1.82) is 0 Å². The Balaban J connectivity index is 2.09. The lowest BCUT2D eigenvalue weighted by Crippen LogP contribution is -1.99. The van der Waals surface area contributed by atoms with Crippen molar-refractivity contribution in [3.8, 4) is 0 Å². The molecule has 0 aliphatic heterocycles. The second-order valence-electron chi connectivity index (χ2n) is 4.41. The van der Waals surface area contributed by atoms with Crippen molar-refractivity contribution in [2.24, 2.45) is 0 Å². The highest BCUT2D eigenvalue weighted by Crippen LogP contribution is 2.35. The van der Waals surface area contributed by atoms with Crippen LogP contribution in [0.4, 0.5) is 0 Å². The smallest absolute Gasteiger partial charge is 0.306 e. The molecule has 102 valence electrons. The Hall–Kier alpha value is -0.790. The van der Waals surface area contributed by atoms with Gasteiger partial charge in [0, 0.05) is 8.04 Å². The van der Waals surface area contributed by atoms with Crippen LogP contribution in [-0.2, 0) is 0 Å². The highest BCUT2D eigenvalue weighted by atomic mass is 127. The second kappa shape index (κ2) is 5.54. The van der Waals surface area contributed by atoms with Gasteiger partial charge in [0.05, 0.1) is 16.4 Å². The second-order valence-corrected chi connectivity index (χ2v) is 6.95. The number of nitrogens with one attached hydrogen (secondary N) is 2. The van der Waals surface area contributed by atoms with Gasteiger partial charge in [-0.2, -0.15) is 0 Å². The number of alkyl halides is 1. The van der Waals surface area contributed by atoms with Gasteiger partial charge >= 0.3 is 5.69 Å². The maximum absolute atomic E-state index is 11.3. The molecule has 0 amide bonds. The van der Waals surface area contributed by atoms with E-state index in [1.165, 1.54) is 0 Å². The summed E-state index contributed by atoms with van der Waals surface area (Å²) in [7, 11) is 0. The van der Waals surface area contributed by atoms with Crippen molar-refractivity contribution >= 4 is 61.2 Å². The Morgan fingerprint density at radius 3 is 2.65 bits per heavy atom. The number of H-pyrrole nitrogens is 2. The van der Waals surface area contributed by atoms with Crippen molar-refractivity contribution in [3.63, 3.8) is 0 Å². The highest BCUT2D eigenvalue weighted by molar-refractivity contribution is 14.1. The molecule has 20 heavy (non-hydrogen) atoms. The Morgan fingerprint density at radius 2 is 1.85 bits per heavy atom. The van der Waals surface area contributed by atoms with Gasteiger partial charge in [0.1, 0.15) is 0 Å². The molecule has 3 rings (SSSR count). The van der Waals surface area contributed by atoms with Crippen molar-refractivity contribution in [1.82, 2.24) is 9.97 Å². The minimum atomic E-state index is -0.276. The van der Waals surface area contributed by atoms with Gasteiger partial charge in [0.25, 0.3) is 0 Å². The van der Waals surface area contributed by atoms with Gasteiger partial charge in [0.15, 0.2) is 0 Å². The number of hydrogen-bond donors (Lipinski definition) is 2. The van der Waals surface area contributed by atoms with Gasteiger partial charge < -0.3 is 9.97 Å². The summed E-state index contributed by atoms with van der Waals surface area (Å²) in [5.41, 5.74) is 3.29. The fraction of sp³-hybridized carbons (Fsp3) is 0.0714. The molecule has 1 aromatic heterocycles. The van der Waals surface area contributed by atoms with E-state index in [1.807, 2.05) is 36.4 Å². The van der Waals surface area contributed by atoms with E-state index in [-0.39, 0.29) is 11.1 Å². The molecule has 0 saturated carbocycles. The molecule has 0 radical (unpaired) electrons. The molecule has 6 heteroatoms. The molecule has 3 nitrogen and oxygen atoms in total. The summed E-state index contributed by atoms with van der Waals surface area (Å²) >= 11 is 12.4. The first-order valence-electron chi connectivity index (χ1n) is 5.85. The first-order chi connectivity index (χ1) is 9.54. The van der Waals surface area contributed by atoms with Crippen LogP contribution in [0, 0.1) is 3.57 Å². The Labute approximate surface area is 142 Å². The molecular weight excluding hydrogens is 454 g/mol. The van der Waals surface area contributed by atoms with Gasteiger partial charge in [-0.3, -0.25) is 0 Å². The van der Waals surface area contributed by atoms with Crippen molar-refractivity contribution in [2.75, 3.05) is 0 Å². The molecule has 0 bridgehead atoms. The Kier molecular flexibility index (Phi) is 3.92. The van der Waals surface area contributed by atoms with Crippen LogP contribution in [0.25, 0.3) is 11.0 Å². The van der Waals surface area contributed by atoms with Gasteiger partial charge in [0.2, 0.25) is 0 Å². The number of aromatic amines is 2. The quantitative estimate of drug-likeness (QED) is 0.425. The third-order valence-electron chi connectivity index (χ3n) is 3.06. The molecular formula is C14H9BrClIN2O. The SMILES string of the molecule is O=c1[nH]c2ccc(C(Cl)c3cc(I)ccc3Br)cc2[nH]1. The van der Waals surface area contributed by atoms with Crippen molar-refractivity contribution in [2.45, 2.75) is 5.38 Å². The lowest BCUT2D eigenvalue weighted by molar-refractivity contribution is 1.13. The average Bonchev–Trinajstić information content (AvgIpc) is 2.79. The minimum Gasteiger partial charge on any atom is -0.306 e. The standard InChI is InChI=1S/C14H9BrClIN2O/c15-10-3-2-8(17)6-9(10)13(16)7-1-4-11-12(5-7)19-14(20)18-11/h1-6,13H,(H2,18,19,20). The fourth-order valence-electron chi connectivity index (χ4n) is 2.10. The van der Waals surface area contributed by atoms with Crippen LogP contribution in [0.1, 0.15) is 16.5 Å². The van der Waals surface area contributed by atoms with Crippen LogP contribution >= 0.6 is 50.1 Å². The lowest BCUT2D eigenvalue weighted by atomic mass is 10.0. The largest absolute Gasteiger partial charge is 0.323 e. The zero-order valence-corrected chi connectivity index (χ0v) is 14.6. The Bertz CT molecular complexity index is 843. The highest BCUT2D eigenvalue weighted by Gasteiger charge is 2.15. The molecule has 0 aliphatic rings. The van der Waals surface area contributed by atoms with Crippen LogP contribution in [0.3, 0.4) is 0 Å². The predicted molar refractivity (Wildman–Crippen MR) is 93.5 cm³/mol. The van der Waals surface area contributed by atoms with Crippen LogP contribution in [0.5, 0.6) is 0 Å². The summed E-state index contributed by atoms with van der Waals surface area (Å²) < 4.78 is 2.10. The number of aromatic nitrogens is 2. The summed E-state index contributed by atoms with van der Waals surface area (Å²) in [5, 5.41) is -0.276. The first kappa shape index (κ1) is 14.2. The summed E-state index contributed by atoms with van der Waals surface area (Å²) in [5.74, 6) is 0. The van der Waals surface area contributed by atoms with Gasteiger partial charge in [-0.15, -0.1) is 11.6 Å². The van der Waals surface area contributed by atoms with E-state index in [0.717, 1.165) is 30.2 Å². The average molecular weight is 464 g/mol. The van der Waals surface area contributed by atoms with Crippen LogP contribution < -0.4 is 5.69 Å². The van der Waals surface area contributed by atoms with Gasteiger partial charge in [-0.05, 0) is 64.0 Å². The molecule has 2 aromatic carbocycles. The number of imidazole rings is 1. The molecule has 0 fully saturated rings. The van der Waals surface area contributed by atoms with E-state index in [1.54, 1.807) is 0 Å². The molecule has 2 N–H and O–H groups in total. The van der Waals surface area contributed by atoms with E-state index in [0.29, 0.717) is 0 Å². The van der Waals surface area contributed by atoms with Gasteiger partial charge in [-0.1, -0.05) is 22.0 Å². The molecule has 3 aromatic rings. The molecule has 0 saturated heterocycles. The summed E-state index contributed by atoms with van der Waals surface area (Å²) in [6, 6.07) is 11.7. The van der Waals surface area contributed by atoms with Crippen LogP contribution in [-0.4, -0.2) is 9.97 Å². The maximum atomic E-state index is 11.3. The lowest BCUT2D eigenvalue weighted by Gasteiger charge is -2.13. The number of benzene rings is 2. The zero-order valence-electron chi connectivity index (χ0n) is 10.1. The molecule has 0 spiro atoms. The fourth-order valence-corrected chi connectivity index (χ4v) is 3.54. The maximum Gasteiger partial charge on any atom is 0.323 e. The molecule has 1 heterocycles. The van der Waals surface area contributed by atoms with Crippen molar-refractivity contribution < 1.29 is 0 Å². The minimum absolute atomic E-state index is 0.210. The van der Waals surface area contributed by atoms with E-state index in [9.17, 15) is 4.79 Å². The first-order valence-corrected chi connectivity index (χ1v) is 8.16. The summed E-state index contributed by atoms with van der Waals surface area (Å²) in [6.45, 7) is 0. The monoisotopic (exact) mass is 462 g/mol. The normalized spacial score (nSPS) is 12.8. The number of fused-ring (bicyclic) bond motifs is 1. The Morgan fingerprint density at radius 1 is 1.10 bits per heavy atom.